The number of H-pyrrole nitrogens is 1. The zero-order valence-electron chi connectivity index (χ0n) is 10.4. The van der Waals surface area contributed by atoms with Gasteiger partial charge in [0.15, 0.2) is 0 Å². The highest BCUT2D eigenvalue weighted by Crippen LogP contribution is 2.26. The Balaban J connectivity index is 2.07. The van der Waals surface area contributed by atoms with Crippen LogP contribution in [0.25, 0.3) is 0 Å². The van der Waals surface area contributed by atoms with Gasteiger partial charge in [-0.25, -0.2) is 18.1 Å². The first kappa shape index (κ1) is 14.2. The Hall–Kier alpha value is -1.22. The number of thiophene rings is 1. The number of hydrogen-bond donors (Lipinski definition) is 3. The number of rotatable bonds is 6. The number of aliphatic hydroxyl groups excluding tert-OH is 1. The third-order valence-electron chi connectivity index (χ3n) is 2.64. The van der Waals surface area contributed by atoms with E-state index in [0.29, 0.717) is 16.9 Å². The van der Waals surface area contributed by atoms with Crippen LogP contribution in [0.4, 0.5) is 0 Å². The number of aliphatic hydroxyl groups is 1. The molecule has 2 rings (SSSR count). The summed E-state index contributed by atoms with van der Waals surface area (Å²) in [5, 5.41) is 10.9. The van der Waals surface area contributed by atoms with Crippen LogP contribution in [0.1, 0.15) is 16.1 Å². The van der Waals surface area contributed by atoms with Gasteiger partial charge in [0, 0.05) is 24.9 Å². The number of nitrogens with zero attached hydrogens (tertiary/aromatic N) is 1. The highest BCUT2D eigenvalue weighted by molar-refractivity contribution is 7.89. The van der Waals surface area contributed by atoms with Gasteiger partial charge in [-0.2, -0.15) is 0 Å². The topological polar surface area (TPSA) is 95.1 Å². The van der Waals surface area contributed by atoms with Crippen molar-refractivity contribution in [1.82, 2.24) is 14.7 Å². The molecular weight excluding hydrogens is 286 g/mol. The Morgan fingerprint density at radius 3 is 2.95 bits per heavy atom. The molecule has 0 saturated heterocycles. The summed E-state index contributed by atoms with van der Waals surface area (Å²) in [7, 11) is -3.58. The van der Waals surface area contributed by atoms with E-state index >= 15 is 0 Å². The lowest BCUT2D eigenvalue weighted by molar-refractivity contribution is 0.282. The molecule has 6 nitrogen and oxygen atoms in total. The summed E-state index contributed by atoms with van der Waals surface area (Å²) < 4.78 is 26.9. The van der Waals surface area contributed by atoms with Gasteiger partial charge in [0.2, 0.25) is 10.0 Å². The van der Waals surface area contributed by atoms with Crippen molar-refractivity contribution >= 4 is 21.4 Å². The molecule has 0 aliphatic rings. The van der Waals surface area contributed by atoms with Crippen LogP contribution in [0, 0.1) is 6.92 Å². The SMILES string of the molecule is Cc1csc(CO)c1S(=O)(=O)NCCc1cnc[nH]1. The van der Waals surface area contributed by atoms with Gasteiger partial charge in [0.1, 0.15) is 4.90 Å². The summed E-state index contributed by atoms with van der Waals surface area (Å²) in [5.74, 6) is 0. The van der Waals surface area contributed by atoms with Crippen LogP contribution in [-0.2, 0) is 23.1 Å². The molecule has 0 spiro atoms. The Labute approximate surface area is 115 Å². The Morgan fingerprint density at radius 1 is 1.53 bits per heavy atom. The molecule has 0 aromatic carbocycles. The maximum atomic E-state index is 12.2. The average Bonchev–Trinajstić information content (AvgIpc) is 2.98. The number of sulfonamides is 1. The smallest absolute Gasteiger partial charge is 0.242 e. The van der Waals surface area contributed by atoms with Gasteiger partial charge in [-0.05, 0) is 17.9 Å². The molecule has 0 aliphatic heterocycles. The summed E-state index contributed by atoms with van der Waals surface area (Å²) >= 11 is 1.25. The van der Waals surface area contributed by atoms with Crippen LogP contribution in [0.2, 0.25) is 0 Å². The van der Waals surface area contributed by atoms with Crippen molar-refractivity contribution < 1.29 is 13.5 Å². The maximum absolute atomic E-state index is 12.2. The summed E-state index contributed by atoms with van der Waals surface area (Å²) in [6.07, 6.45) is 3.75. The second-order valence-electron chi connectivity index (χ2n) is 4.05. The van der Waals surface area contributed by atoms with E-state index in [1.54, 1.807) is 24.8 Å². The number of aromatic amines is 1. The second kappa shape index (κ2) is 5.83. The summed E-state index contributed by atoms with van der Waals surface area (Å²) in [6, 6.07) is 0. The van der Waals surface area contributed by atoms with Gasteiger partial charge in [-0.15, -0.1) is 11.3 Å². The van der Waals surface area contributed by atoms with Crippen LogP contribution in [-0.4, -0.2) is 30.0 Å². The van der Waals surface area contributed by atoms with E-state index in [1.807, 2.05) is 0 Å². The molecule has 0 unspecified atom stereocenters. The van der Waals surface area contributed by atoms with E-state index in [0.717, 1.165) is 5.69 Å². The Bertz CT molecular complexity index is 632. The first-order valence-electron chi connectivity index (χ1n) is 5.69. The molecule has 0 aliphatic carbocycles. The van der Waals surface area contributed by atoms with Crippen molar-refractivity contribution in [3.8, 4) is 0 Å². The van der Waals surface area contributed by atoms with Crippen LogP contribution < -0.4 is 4.72 Å². The first-order chi connectivity index (χ1) is 9.04. The van der Waals surface area contributed by atoms with E-state index < -0.39 is 10.0 Å². The van der Waals surface area contributed by atoms with Crippen molar-refractivity contribution in [1.29, 1.82) is 0 Å². The minimum Gasteiger partial charge on any atom is -0.391 e. The van der Waals surface area contributed by atoms with Crippen molar-refractivity contribution in [2.75, 3.05) is 6.54 Å². The highest BCUT2D eigenvalue weighted by Gasteiger charge is 2.22. The minimum absolute atomic E-state index is 0.199. The van der Waals surface area contributed by atoms with Gasteiger partial charge in [0.25, 0.3) is 0 Å². The number of aromatic nitrogens is 2. The van der Waals surface area contributed by atoms with Gasteiger partial charge in [0.05, 0.1) is 17.8 Å². The van der Waals surface area contributed by atoms with Crippen LogP contribution >= 0.6 is 11.3 Å². The quantitative estimate of drug-likeness (QED) is 0.735. The second-order valence-corrected chi connectivity index (χ2v) is 6.72. The monoisotopic (exact) mass is 301 g/mol. The van der Waals surface area contributed by atoms with E-state index in [2.05, 4.69) is 14.7 Å². The van der Waals surface area contributed by atoms with Crippen LogP contribution in [0.5, 0.6) is 0 Å². The van der Waals surface area contributed by atoms with E-state index in [9.17, 15) is 13.5 Å². The molecule has 0 fully saturated rings. The molecule has 0 radical (unpaired) electrons. The fraction of sp³-hybridized carbons (Fsp3) is 0.364. The molecule has 0 amide bonds. The molecular formula is C11H15N3O3S2. The third kappa shape index (κ3) is 3.21. The summed E-state index contributed by atoms with van der Waals surface area (Å²) in [6.45, 7) is 1.74. The molecule has 0 bridgehead atoms. The van der Waals surface area contributed by atoms with Crippen molar-refractivity contribution in [3.05, 3.63) is 34.0 Å². The predicted octanol–water partition coefficient (Wildman–Crippen LogP) is 0.793. The lowest BCUT2D eigenvalue weighted by atomic mass is 10.3. The number of imidazole rings is 1. The molecule has 3 N–H and O–H groups in total. The maximum Gasteiger partial charge on any atom is 0.242 e. The first-order valence-corrected chi connectivity index (χ1v) is 8.05. The predicted molar refractivity (Wildman–Crippen MR) is 72.5 cm³/mol. The molecule has 104 valence electrons. The zero-order chi connectivity index (χ0) is 13.9. The summed E-state index contributed by atoms with van der Waals surface area (Å²) in [4.78, 5) is 7.44. The standard InChI is InChI=1S/C11H15N3O3S2/c1-8-6-18-10(5-15)11(8)19(16,17)14-3-2-9-4-12-7-13-9/h4,6-7,14-15H,2-3,5H2,1H3,(H,12,13). The Morgan fingerprint density at radius 2 is 2.32 bits per heavy atom. The van der Waals surface area contributed by atoms with E-state index in [-0.39, 0.29) is 18.0 Å². The molecule has 0 saturated carbocycles. The Kier molecular flexibility index (Phi) is 4.35. The molecule has 19 heavy (non-hydrogen) atoms. The number of nitrogens with one attached hydrogen (secondary N) is 2. The van der Waals surface area contributed by atoms with Crippen molar-refractivity contribution in [3.63, 3.8) is 0 Å². The third-order valence-corrected chi connectivity index (χ3v) is 5.55. The summed E-state index contributed by atoms with van der Waals surface area (Å²) in [5.41, 5.74) is 1.52. The fourth-order valence-electron chi connectivity index (χ4n) is 1.77. The molecule has 2 aromatic heterocycles. The van der Waals surface area contributed by atoms with Crippen LogP contribution in [0.3, 0.4) is 0 Å². The lowest BCUT2D eigenvalue weighted by Crippen LogP contribution is -2.27. The normalized spacial score (nSPS) is 11.9. The van der Waals surface area contributed by atoms with Gasteiger partial charge in [-0.1, -0.05) is 0 Å². The molecule has 0 atom stereocenters. The van der Waals surface area contributed by atoms with Gasteiger partial charge >= 0.3 is 0 Å². The number of aryl methyl sites for hydroxylation is 1. The fourth-order valence-corrected chi connectivity index (χ4v) is 4.46. The van der Waals surface area contributed by atoms with Crippen molar-refractivity contribution in [2.45, 2.75) is 24.8 Å². The largest absolute Gasteiger partial charge is 0.391 e. The highest BCUT2D eigenvalue weighted by atomic mass is 32.2. The van der Waals surface area contributed by atoms with E-state index in [1.165, 1.54) is 11.3 Å². The number of hydrogen-bond acceptors (Lipinski definition) is 5. The molecule has 8 heteroatoms. The van der Waals surface area contributed by atoms with Crippen LogP contribution in [0.15, 0.2) is 22.8 Å². The minimum atomic E-state index is -3.58. The average molecular weight is 301 g/mol. The van der Waals surface area contributed by atoms with Crippen molar-refractivity contribution in [2.24, 2.45) is 0 Å². The van der Waals surface area contributed by atoms with E-state index in [4.69, 9.17) is 0 Å². The van der Waals surface area contributed by atoms with Gasteiger partial charge < -0.3 is 10.1 Å². The lowest BCUT2D eigenvalue weighted by Gasteiger charge is -2.07. The molecule has 2 aromatic rings. The molecule has 2 heterocycles. The van der Waals surface area contributed by atoms with Gasteiger partial charge in [-0.3, -0.25) is 0 Å². The zero-order valence-corrected chi connectivity index (χ0v) is 12.0.